The van der Waals surface area contributed by atoms with Gasteiger partial charge in [0.05, 0.1) is 33.3 Å². The molecule has 11 nitrogen and oxygen atoms in total. The third-order valence-electron chi connectivity index (χ3n) is 4.11. The lowest BCUT2D eigenvalue weighted by atomic mass is 9.76. The number of carbonyl (C=O) groups is 3. The van der Waals surface area contributed by atoms with E-state index in [9.17, 15) is 32.1 Å². The van der Waals surface area contributed by atoms with Crippen molar-refractivity contribution >= 4 is 39.0 Å². The third kappa shape index (κ3) is 4.26. The van der Waals surface area contributed by atoms with Gasteiger partial charge in [0.15, 0.2) is 0 Å². The maximum Gasteiger partial charge on any atom is 0.397 e. The fraction of sp³-hybridized carbons (Fsp3) is 0.500. The Morgan fingerprint density at radius 3 is 2.48 bits per heavy atom. The molecule has 2 aliphatic rings. The van der Waals surface area contributed by atoms with Gasteiger partial charge in [0, 0.05) is 25.0 Å². The number of rotatable bonds is 7. The van der Waals surface area contributed by atoms with Crippen LogP contribution in [0.2, 0.25) is 0 Å². The van der Waals surface area contributed by atoms with Crippen LogP contribution in [0.15, 0.2) is 22.2 Å². The maximum atomic E-state index is 12.5. The van der Waals surface area contributed by atoms with Gasteiger partial charge in [-0.05, 0) is 13.8 Å². The quantitative estimate of drug-likeness (QED) is 0.361. The van der Waals surface area contributed by atoms with Gasteiger partial charge in [0.1, 0.15) is 5.70 Å². The molecule has 150 valence electrons. The molecule has 0 unspecified atom stereocenters. The molecule has 2 amide bonds. The summed E-state index contributed by atoms with van der Waals surface area (Å²) in [4.78, 5) is 35.8. The van der Waals surface area contributed by atoms with Crippen molar-refractivity contribution < 1.29 is 40.9 Å². The molecule has 0 aromatic heterocycles. The summed E-state index contributed by atoms with van der Waals surface area (Å²) in [5.74, 6) is -3.66. The number of fused-ring (bicyclic) bond motifs is 1. The number of β-lactam (4-membered cyclic amide) rings is 1. The molecule has 0 aromatic rings. The summed E-state index contributed by atoms with van der Waals surface area (Å²) in [7, 11) is -6.79. The van der Waals surface area contributed by atoms with E-state index in [-0.39, 0.29) is 11.3 Å². The van der Waals surface area contributed by atoms with E-state index in [1.54, 1.807) is 0 Å². The van der Waals surface area contributed by atoms with Crippen molar-refractivity contribution in [1.82, 2.24) is 10.2 Å². The average Bonchev–Trinajstić information content (AvgIpc) is 2.78. The molecule has 0 radical (unpaired) electrons. The standard InChI is InChI=1S/C14H18N2O9S2/c1-7(17)15-4-5-26(21)9-6-8-10(14(2,3)25-27(22,23)24)12(18)16(8)11(9)13(19)20/h4-5,8,10H,6H2,1-3H3,(H,15,17)(H,19,20)(H,22,23,24)/b5-4-/t8-,10+,26-/m1/s1. The zero-order chi connectivity index (χ0) is 20.7. The van der Waals surface area contributed by atoms with Crippen LogP contribution in [0.3, 0.4) is 0 Å². The minimum absolute atomic E-state index is 0.0485. The van der Waals surface area contributed by atoms with Crippen molar-refractivity contribution in [2.24, 2.45) is 5.92 Å². The Kier molecular flexibility index (Phi) is 5.61. The number of carbonyl (C=O) groups excluding carboxylic acids is 2. The molecule has 0 saturated carbocycles. The smallest absolute Gasteiger partial charge is 0.397 e. The molecule has 1 saturated heterocycles. The fourth-order valence-electron chi connectivity index (χ4n) is 3.23. The predicted molar refractivity (Wildman–Crippen MR) is 91.2 cm³/mol. The Morgan fingerprint density at radius 2 is 2.00 bits per heavy atom. The van der Waals surface area contributed by atoms with Crippen LogP contribution in [0.4, 0.5) is 0 Å². The average molecular weight is 422 g/mol. The lowest BCUT2D eigenvalue weighted by molar-refractivity contribution is -0.166. The van der Waals surface area contributed by atoms with E-state index in [2.05, 4.69) is 9.50 Å². The van der Waals surface area contributed by atoms with Crippen molar-refractivity contribution in [1.29, 1.82) is 0 Å². The summed E-state index contributed by atoms with van der Waals surface area (Å²) in [6.45, 7) is 3.77. The molecule has 3 atom stereocenters. The van der Waals surface area contributed by atoms with Crippen molar-refractivity contribution in [3.8, 4) is 0 Å². The van der Waals surface area contributed by atoms with E-state index in [4.69, 9.17) is 4.55 Å². The van der Waals surface area contributed by atoms with Gasteiger partial charge in [-0.15, -0.1) is 0 Å². The molecule has 0 aliphatic carbocycles. The van der Waals surface area contributed by atoms with Crippen molar-refractivity contribution in [3.63, 3.8) is 0 Å². The highest BCUT2D eigenvalue weighted by molar-refractivity contribution is 7.91. The lowest BCUT2D eigenvalue weighted by Gasteiger charge is -2.49. The number of nitrogens with zero attached hydrogens (tertiary/aromatic N) is 1. The molecule has 3 N–H and O–H groups in total. The van der Waals surface area contributed by atoms with E-state index in [1.165, 1.54) is 20.8 Å². The molecule has 2 rings (SSSR count). The van der Waals surface area contributed by atoms with Crippen LogP contribution < -0.4 is 5.32 Å². The number of hydrogen-bond donors (Lipinski definition) is 3. The zero-order valence-electron chi connectivity index (χ0n) is 14.5. The molecule has 13 heteroatoms. The van der Waals surface area contributed by atoms with Gasteiger partial charge in [-0.2, -0.15) is 8.42 Å². The van der Waals surface area contributed by atoms with E-state index in [0.717, 1.165) is 16.5 Å². The lowest BCUT2D eigenvalue weighted by Crippen LogP contribution is -2.66. The number of carboxylic acids is 1. The predicted octanol–water partition coefficient (Wildman–Crippen LogP) is -0.533. The van der Waals surface area contributed by atoms with Gasteiger partial charge >= 0.3 is 16.4 Å². The first-order valence-electron chi connectivity index (χ1n) is 7.58. The second-order valence-electron chi connectivity index (χ2n) is 6.45. The Bertz CT molecular complexity index is 888. The van der Waals surface area contributed by atoms with Crippen LogP contribution in [-0.2, 0) is 39.8 Å². The summed E-state index contributed by atoms with van der Waals surface area (Å²) in [6.07, 6.45) is 1.01. The Labute approximate surface area is 157 Å². The summed E-state index contributed by atoms with van der Waals surface area (Å²) in [5, 5.41) is 12.8. The summed E-state index contributed by atoms with van der Waals surface area (Å²) in [5.41, 5.74) is -2.09. The van der Waals surface area contributed by atoms with Crippen molar-refractivity contribution in [2.45, 2.75) is 38.8 Å². The zero-order valence-corrected chi connectivity index (χ0v) is 16.2. The van der Waals surface area contributed by atoms with Crippen LogP contribution in [0.5, 0.6) is 0 Å². The summed E-state index contributed by atoms with van der Waals surface area (Å²) >= 11 is 0. The Morgan fingerprint density at radius 1 is 1.41 bits per heavy atom. The van der Waals surface area contributed by atoms with Crippen molar-refractivity contribution in [2.75, 3.05) is 0 Å². The number of nitrogens with one attached hydrogen (secondary N) is 1. The number of aliphatic carboxylic acids is 1. The van der Waals surface area contributed by atoms with E-state index < -0.39 is 62.2 Å². The van der Waals surface area contributed by atoms with E-state index in [1.807, 2.05) is 0 Å². The van der Waals surface area contributed by atoms with Gasteiger partial charge in [0.25, 0.3) is 0 Å². The van der Waals surface area contributed by atoms with Crippen LogP contribution in [0.1, 0.15) is 27.2 Å². The Hall–Kier alpha value is -2.09. The van der Waals surface area contributed by atoms with Crippen LogP contribution in [0.25, 0.3) is 0 Å². The van der Waals surface area contributed by atoms with Crippen LogP contribution >= 0.6 is 0 Å². The summed E-state index contributed by atoms with van der Waals surface area (Å²) < 4.78 is 47.9. The summed E-state index contributed by atoms with van der Waals surface area (Å²) in [6, 6.07) is -0.784. The van der Waals surface area contributed by atoms with E-state index >= 15 is 0 Å². The highest BCUT2D eigenvalue weighted by Crippen LogP contribution is 2.48. The number of hydrogen-bond acceptors (Lipinski definition) is 7. The van der Waals surface area contributed by atoms with Gasteiger partial charge in [0.2, 0.25) is 11.8 Å². The highest BCUT2D eigenvalue weighted by Gasteiger charge is 2.62. The second kappa shape index (κ2) is 7.14. The first kappa shape index (κ1) is 21.2. The van der Waals surface area contributed by atoms with Crippen molar-refractivity contribution in [3.05, 3.63) is 22.2 Å². The Balaban J connectivity index is 2.30. The van der Waals surface area contributed by atoms with E-state index in [0.29, 0.717) is 0 Å². The SMILES string of the molecule is CC(=O)N/C=C\[S@@](=O)C1=C(C(=O)O)N2C(=O)[C@@H](C(C)(C)OS(=O)(=O)O)[C@H]2C1. The molecule has 2 aliphatic heterocycles. The molecule has 2 heterocycles. The van der Waals surface area contributed by atoms with Gasteiger partial charge in [-0.25, -0.2) is 13.2 Å². The molecular weight excluding hydrogens is 404 g/mol. The number of amides is 2. The minimum atomic E-state index is -4.85. The minimum Gasteiger partial charge on any atom is -0.477 e. The molecule has 1 fully saturated rings. The molecule has 0 aromatic carbocycles. The van der Waals surface area contributed by atoms with Gasteiger partial charge in [-0.1, -0.05) is 0 Å². The maximum absolute atomic E-state index is 12.5. The second-order valence-corrected chi connectivity index (χ2v) is 8.83. The first-order valence-corrected chi connectivity index (χ1v) is 10.2. The molecular formula is C14H18N2O9S2. The highest BCUT2D eigenvalue weighted by atomic mass is 32.3. The topological polar surface area (TPSA) is 167 Å². The first-order chi connectivity index (χ1) is 12.3. The van der Waals surface area contributed by atoms with Gasteiger partial charge < -0.3 is 15.3 Å². The normalized spacial score (nSPS) is 24.0. The van der Waals surface area contributed by atoms with Crippen LogP contribution in [0, 0.1) is 5.92 Å². The van der Waals surface area contributed by atoms with Crippen LogP contribution in [-0.4, -0.2) is 56.6 Å². The number of carboxylic acid groups (broad SMARTS) is 1. The fourth-order valence-corrected chi connectivity index (χ4v) is 4.94. The molecule has 0 spiro atoms. The third-order valence-corrected chi connectivity index (χ3v) is 5.98. The van der Waals surface area contributed by atoms with Gasteiger partial charge in [-0.3, -0.25) is 14.1 Å². The molecule has 0 bridgehead atoms. The largest absolute Gasteiger partial charge is 0.477 e. The monoisotopic (exact) mass is 422 g/mol. The molecule has 27 heavy (non-hydrogen) atoms.